The molecule has 0 heterocycles. The van der Waals surface area contributed by atoms with E-state index in [1.165, 1.54) is 18.2 Å². The molecule has 0 fully saturated rings. The predicted molar refractivity (Wildman–Crippen MR) is 77.5 cm³/mol. The van der Waals surface area contributed by atoms with Crippen molar-refractivity contribution in [2.45, 2.75) is 23.9 Å². The number of halogens is 3. The smallest absolute Gasteiger partial charge is 0.385 e. The van der Waals surface area contributed by atoms with E-state index in [0.29, 0.717) is 16.5 Å². The normalized spacial score (nSPS) is 12.5. The Hall–Kier alpha value is -1.80. The molecule has 0 unspecified atom stereocenters. The molecule has 0 aliphatic heterocycles. The molecule has 0 bridgehead atoms. The Morgan fingerprint density at radius 3 is 2.50 bits per heavy atom. The van der Waals surface area contributed by atoms with Gasteiger partial charge in [-0.2, -0.15) is 21.6 Å². The SMILES string of the molecule is O=S(=O)(O)c1ccc2cccc(NCCCC(F)(F)F)c2c1. The quantitative estimate of drug-likeness (QED) is 0.644. The van der Waals surface area contributed by atoms with Gasteiger partial charge in [0.1, 0.15) is 0 Å². The van der Waals surface area contributed by atoms with Crippen molar-refractivity contribution >= 4 is 26.6 Å². The molecule has 0 aromatic heterocycles. The third-order valence-electron chi connectivity index (χ3n) is 3.10. The lowest BCUT2D eigenvalue weighted by atomic mass is 10.1. The van der Waals surface area contributed by atoms with E-state index in [-0.39, 0.29) is 17.9 Å². The van der Waals surface area contributed by atoms with Crippen LogP contribution in [-0.4, -0.2) is 25.7 Å². The summed E-state index contributed by atoms with van der Waals surface area (Å²) in [5.74, 6) is 0. The van der Waals surface area contributed by atoms with Gasteiger partial charge in [-0.1, -0.05) is 18.2 Å². The van der Waals surface area contributed by atoms with Crippen LogP contribution in [0, 0.1) is 0 Å². The van der Waals surface area contributed by atoms with Gasteiger partial charge in [0.25, 0.3) is 10.1 Å². The van der Waals surface area contributed by atoms with Crippen molar-refractivity contribution in [3.63, 3.8) is 0 Å². The van der Waals surface area contributed by atoms with Gasteiger partial charge >= 0.3 is 6.18 Å². The van der Waals surface area contributed by atoms with Crippen LogP contribution in [0.25, 0.3) is 10.8 Å². The summed E-state index contributed by atoms with van der Waals surface area (Å²) in [5.41, 5.74) is 0.519. The number of alkyl halides is 3. The summed E-state index contributed by atoms with van der Waals surface area (Å²) in [6.45, 7) is 0.106. The Bertz CT molecular complexity index is 772. The summed E-state index contributed by atoms with van der Waals surface area (Å²) in [7, 11) is -4.33. The van der Waals surface area contributed by atoms with Gasteiger partial charge < -0.3 is 5.32 Å². The number of anilines is 1. The summed E-state index contributed by atoms with van der Waals surface area (Å²) in [6.07, 6.45) is -5.17. The van der Waals surface area contributed by atoms with Gasteiger partial charge in [-0.15, -0.1) is 0 Å². The fourth-order valence-corrected chi connectivity index (χ4v) is 2.59. The first-order valence-corrected chi connectivity index (χ1v) is 7.92. The number of rotatable bonds is 5. The average Bonchev–Trinajstić information content (AvgIpc) is 2.41. The molecular formula is C14H14F3NO3S. The number of hydrogen-bond acceptors (Lipinski definition) is 3. The molecule has 0 aliphatic carbocycles. The predicted octanol–water partition coefficient (Wildman–Crippen LogP) is 3.84. The number of benzene rings is 2. The van der Waals surface area contributed by atoms with Crippen molar-refractivity contribution in [3.05, 3.63) is 36.4 Å². The number of hydrogen-bond donors (Lipinski definition) is 2. The third kappa shape index (κ3) is 4.35. The van der Waals surface area contributed by atoms with Crippen LogP contribution in [0.5, 0.6) is 0 Å². The first kappa shape index (κ1) is 16.6. The molecule has 2 N–H and O–H groups in total. The lowest BCUT2D eigenvalue weighted by Crippen LogP contribution is -2.11. The maximum Gasteiger partial charge on any atom is 0.389 e. The lowest BCUT2D eigenvalue weighted by Gasteiger charge is -2.11. The van der Waals surface area contributed by atoms with Crippen LogP contribution in [0.2, 0.25) is 0 Å². The standard InChI is InChI=1S/C14H14F3NO3S/c15-14(16,17)7-2-8-18-13-4-1-3-10-5-6-11(9-12(10)13)22(19,20)21/h1,3-6,9,18H,2,7-8H2,(H,19,20,21). The van der Waals surface area contributed by atoms with E-state index in [1.54, 1.807) is 18.2 Å². The van der Waals surface area contributed by atoms with Gasteiger partial charge in [0.05, 0.1) is 4.90 Å². The molecule has 0 spiro atoms. The fourth-order valence-electron chi connectivity index (χ4n) is 2.08. The number of fused-ring (bicyclic) bond motifs is 1. The molecule has 2 aromatic carbocycles. The summed E-state index contributed by atoms with van der Waals surface area (Å²) < 4.78 is 67.7. The van der Waals surface area contributed by atoms with Crippen molar-refractivity contribution in [1.82, 2.24) is 0 Å². The maximum absolute atomic E-state index is 12.1. The van der Waals surface area contributed by atoms with E-state index in [4.69, 9.17) is 4.55 Å². The molecular weight excluding hydrogens is 319 g/mol. The molecule has 0 saturated heterocycles. The Balaban J connectivity index is 2.22. The van der Waals surface area contributed by atoms with Gasteiger partial charge in [-0.05, 0) is 30.0 Å². The van der Waals surface area contributed by atoms with Gasteiger partial charge in [0.2, 0.25) is 0 Å². The molecule has 4 nitrogen and oxygen atoms in total. The first-order valence-electron chi connectivity index (χ1n) is 6.48. The maximum atomic E-state index is 12.1. The van der Waals surface area contributed by atoms with Crippen LogP contribution < -0.4 is 5.32 Å². The van der Waals surface area contributed by atoms with Crippen molar-refractivity contribution in [1.29, 1.82) is 0 Å². The zero-order valence-corrected chi connectivity index (χ0v) is 12.2. The minimum absolute atomic E-state index is 0.0854. The molecule has 22 heavy (non-hydrogen) atoms. The Labute approximate surface area is 125 Å². The Morgan fingerprint density at radius 1 is 1.14 bits per heavy atom. The van der Waals surface area contributed by atoms with E-state index in [1.807, 2.05) is 0 Å². The van der Waals surface area contributed by atoms with E-state index in [0.717, 1.165) is 0 Å². The molecule has 0 aliphatic rings. The van der Waals surface area contributed by atoms with Crippen LogP contribution >= 0.6 is 0 Å². The van der Waals surface area contributed by atoms with Crippen molar-refractivity contribution in [2.24, 2.45) is 0 Å². The van der Waals surface area contributed by atoms with Crippen LogP contribution in [-0.2, 0) is 10.1 Å². The van der Waals surface area contributed by atoms with Crippen LogP contribution in [0.15, 0.2) is 41.3 Å². The molecule has 0 saturated carbocycles. The summed E-state index contributed by atoms with van der Waals surface area (Å²) in [5, 5.41) is 4.10. The lowest BCUT2D eigenvalue weighted by molar-refractivity contribution is -0.134. The third-order valence-corrected chi connectivity index (χ3v) is 3.95. The van der Waals surface area contributed by atoms with Crippen molar-refractivity contribution in [3.8, 4) is 0 Å². The van der Waals surface area contributed by atoms with Gasteiger partial charge in [0, 0.05) is 24.0 Å². The molecule has 2 rings (SSSR count). The van der Waals surface area contributed by atoms with E-state index >= 15 is 0 Å². The highest BCUT2D eigenvalue weighted by atomic mass is 32.2. The van der Waals surface area contributed by atoms with Crippen molar-refractivity contribution in [2.75, 3.05) is 11.9 Å². The largest absolute Gasteiger partial charge is 0.389 e. The van der Waals surface area contributed by atoms with E-state index < -0.39 is 22.7 Å². The second-order valence-corrected chi connectivity index (χ2v) is 6.23. The average molecular weight is 333 g/mol. The highest BCUT2D eigenvalue weighted by Crippen LogP contribution is 2.27. The van der Waals surface area contributed by atoms with Gasteiger partial charge in [-0.3, -0.25) is 4.55 Å². The summed E-state index contributed by atoms with van der Waals surface area (Å²) in [6, 6.07) is 9.18. The molecule has 0 radical (unpaired) electrons. The Morgan fingerprint density at radius 2 is 1.86 bits per heavy atom. The van der Waals surface area contributed by atoms with Crippen LogP contribution in [0.4, 0.5) is 18.9 Å². The second-order valence-electron chi connectivity index (χ2n) is 4.81. The molecule has 0 atom stereocenters. The van der Waals surface area contributed by atoms with E-state index in [9.17, 15) is 21.6 Å². The summed E-state index contributed by atoms with van der Waals surface area (Å²) >= 11 is 0. The molecule has 0 amide bonds. The highest BCUT2D eigenvalue weighted by Gasteiger charge is 2.25. The summed E-state index contributed by atoms with van der Waals surface area (Å²) in [4.78, 5) is -0.260. The van der Waals surface area contributed by atoms with Gasteiger partial charge in [0.15, 0.2) is 0 Å². The number of nitrogens with one attached hydrogen (secondary N) is 1. The zero-order chi connectivity index (χ0) is 16.4. The first-order chi connectivity index (χ1) is 10.2. The minimum atomic E-state index is -4.33. The van der Waals surface area contributed by atoms with E-state index in [2.05, 4.69) is 5.32 Å². The van der Waals surface area contributed by atoms with Gasteiger partial charge in [-0.25, -0.2) is 0 Å². The topological polar surface area (TPSA) is 66.4 Å². The molecule has 8 heteroatoms. The van der Waals surface area contributed by atoms with Crippen LogP contribution in [0.3, 0.4) is 0 Å². The highest BCUT2D eigenvalue weighted by molar-refractivity contribution is 7.85. The second kappa shape index (κ2) is 6.13. The molecule has 120 valence electrons. The fraction of sp³-hybridized carbons (Fsp3) is 0.286. The Kier molecular flexibility index (Phi) is 4.62. The van der Waals surface area contributed by atoms with Crippen molar-refractivity contribution < 1.29 is 26.1 Å². The zero-order valence-electron chi connectivity index (χ0n) is 11.4. The molecule has 2 aromatic rings. The van der Waals surface area contributed by atoms with Crippen LogP contribution in [0.1, 0.15) is 12.8 Å². The monoisotopic (exact) mass is 333 g/mol. The minimum Gasteiger partial charge on any atom is -0.385 e.